The van der Waals surface area contributed by atoms with E-state index in [-0.39, 0.29) is 11.5 Å². The number of carboxylic acid groups (broad SMARTS) is 1. The summed E-state index contributed by atoms with van der Waals surface area (Å²) in [6.45, 7) is 9.88. The molecule has 0 fully saturated rings. The molecule has 38 heavy (non-hydrogen) atoms. The fraction of sp³-hybridized carbons (Fsp3) is 0.429. The Morgan fingerprint density at radius 2 is 1.32 bits per heavy atom. The number of rotatable bonds is 11. The van der Waals surface area contributed by atoms with Crippen LogP contribution in [0.15, 0.2) is 48.5 Å². The van der Waals surface area contributed by atoms with E-state index < -0.39 is 59.9 Å². The van der Waals surface area contributed by atoms with Crippen molar-refractivity contribution < 1.29 is 43.2 Å². The highest BCUT2D eigenvalue weighted by molar-refractivity contribution is 5.78. The molecule has 0 radical (unpaired) electrons. The van der Waals surface area contributed by atoms with Crippen LogP contribution in [-0.4, -0.2) is 41.3 Å². The van der Waals surface area contributed by atoms with Crippen LogP contribution in [0.2, 0.25) is 0 Å². The molecule has 2 aromatic carbocycles. The predicted octanol–water partition coefficient (Wildman–Crippen LogP) is 4.55. The topological polar surface area (TPSA) is 151 Å². The first kappa shape index (κ1) is 30.3. The van der Waals surface area contributed by atoms with Crippen molar-refractivity contribution in [1.82, 2.24) is 0 Å². The number of para-hydroxylation sites is 1. The molecule has 2 rings (SSSR count). The van der Waals surface area contributed by atoms with Gasteiger partial charge in [-0.2, -0.15) is 0 Å². The van der Waals surface area contributed by atoms with E-state index in [1.54, 1.807) is 71.9 Å². The van der Waals surface area contributed by atoms with E-state index in [2.05, 4.69) is 0 Å². The van der Waals surface area contributed by atoms with Gasteiger partial charge in [0, 0.05) is 11.8 Å². The third-order valence-electron chi connectivity index (χ3n) is 5.92. The molecule has 0 saturated carbocycles. The number of hydrogen-bond donors (Lipinski definition) is 2. The predicted molar refractivity (Wildman–Crippen MR) is 138 cm³/mol. The Morgan fingerprint density at radius 3 is 1.84 bits per heavy atom. The van der Waals surface area contributed by atoms with Crippen LogP contribution < -0.4 is 19.9 Å². The zero-order valence-electron chi connectivity index (χ0n) is 22.4. The summed E-state index contributed by atoms with van der Waals surface area (Å²) in [5, 5.41) is 9.73. The van der Waals surface area contributed by atoms with Crippen molar-refractivity contribution in [3.8, 4) is 17.2 Å². The molecule has 0 aromatic heterocycles. The fourth-order valence-electron chi connectivity index (χ4n) is 3.50. The summed E-state index contributed by atoms with van der Waals surface area (Å²) in [6, 6.07) is 11.3. The number of benzene rings is 2. The number of hydrogen-bond acceptors (Lipinski definition) is 9. The van der Waals surface area contributed by atoms with Crippen LogP contribution in [0.25, 0.3) is 0 Å². The SMILES string of the molecule is CC(C)C(=O)Oc1ccc(C(C(C)C(C)OC(=O)Oc2ccccc2)[C@H](N)C(=O)O)cc1OC(=O)C(C)C. The first-order chi connectivity index (χ1) is 17.8. The van der Waals surface area contributed by atoms with Crippen molar-refractivity contribution in [2.24, 2.45) is 23.5 Å². The van der Waals surface area contributed by atoms with Crippen LogP contribution >= 0.6 is 0 Å². The summed E-state index contributed by atoms with van der Waals surface area (Å²) in [5.74, 6) is -4.58. The van der Waals surface area contributed by atoms with Gasteiger partial charge in [-0.3, -0.25) is 14.4 Å². The number of carboxylic acids is 1. The van der Waals surface area contributed by atoms with Gasteiger partial charge in [0.15, 0.2) is 11.5 Å². The van der Waals surface area contributed by atoms with Crippen molar-refractivity contribution in [2.45, 2.75) is 59.6 Å². The lowest BCUT2D eigenvalue weighted by molar-refractivity contribution is -0.140. The average Bonchev–Trinajstić information content (AvgIpc) is 2.85. The van der Waals surface area contributed by atoms with Gasteiger partial charge in [-0.05, 0) is 36.8 Å². The maximum Gasteiger partial charge on any atom is 0.514 e. The van der Waals surface area contributed by atoms with Crippen molar-refractivity contribution in [3.63, 3.8) is 0 Å². The minimum Gasteiger partial charge on any atom is -0.480 e. The zero-order chi connectivity index (χ0) is 28.6. The molecule has 0 amide bonds. The van der Waals surface area contributed by atoms with E-state index in [4.69, 9.17) is 24.7 Å². The fourth-order valence-corrected chi connectivity index (χ4v) is 3.50. The minimum atomic E-state index is -1.40. The maximum absolute atomic E-state index is 12.4. The molecule has 0 aliphatic heterocycles. The first-order valence-electron chi connectivity index (χ1n) is 12.3. The Balaban J connectivity index is 2.40. The van der Waals surface area contributed by atoms with Gasteiger partial charge in [0.25, 0.3) is 0 Å². The number of esters is 2. The molecule has 0 saturated heterocycles. The highest BCUT2D eigenvalue weighted by Gasteiger charge is 2.36. The van der Waals surface area contributed by atoms with Gasteiger partial charge in [-0.25, -0.2) is 4.79 Å². The second-order valence-electron chi connectivity index (χ2n) is 9.59. The van der Waals surface area contributed by atoms with Gasteiger partial charge in [0.2, 0.25) is 0 Å². The van der Waals surface area contributed by atoms with Gasteiger partial charge in [0.1, 0.15) is 17.9 Å². The molecular weight excluding hydrogens is 494 g/mol. The molecule has 2 aromatic rings. The van der Waals surface area contributed by atoms with Gasteiger partial charge in [-0.15, -0.1) is 0 Å². The lowest BCUT2D eigenvalue weighted by Gasteiger charge is -2.31. The molecule has 0 heterocycles. The van der Waals surface area contributed by atoms with E-state index in [1.807, 2.05) is 0 Å². The normalized spacial score (nSPS) is 14.2. The highest BCUT2D eigenvalue weighted by Crippen LogP contribution is 2.37. The highest BCUT2D eigenvalue weighted by atomic mass is 16.7. The standard InChI is InChI=1S/C28H35NO9/c1-15(2)26(32)37-21-13-12-19(14-22(21)38-27(33)16(3)4)23(24(29)25(30)31)17(5)18(6)35-28(34)36-20-10-8-7-9-11-20/h7-18,23-24H,29H2,1-6H3,(H,30,31)/t17?,18?,23?,24-/m0/s1. The molecule has 206 valence electrons. The molecular formula is C28H35NO9. The lowest BCUT2D eigenvalue weighted by Crippen LogP contribution is -2.43. The van der Waals surface area contributed by atoms with E-state index in [0.717, 1.165) is 0 Å². The minimum absolute atomic E-state index is 0.00693. The Bertz CT molecular complexity index is 1130. The van der Waals surface area contributed by atoms with Crippen LogP contribution in [-0.2, 0) is 19.1 Å². The monoisotopic (exact) mass is 529 g/mol. The van der Waals surface area contributed by atoms with Crippen LogP contribution in [0, 0.1) is 17.8 Å². The molecule has 3 N–H and O–H groups in total. The largest absolute Gasteiger partial charge is 0.514 e. The summed E-state index contributed by atoms with van der Waals surface area (Å²) in [4.78, 5) is 48.8. The second-order valence-corrected chi connectivity index (χ2v) is 9.59. The smallest absolute Gasteiger partial charge is 0.480 e. The molecule has 0 bridgehead atoms. The molecule has 4 atom stereocenters. The number of ether oxygens (including phenoxy) is 4. The summed E-state index contributed by atoms with van der Waals surface area (Å²) < 4.78 is 21.5. The maximum atomic E-state index is 12.4. The molecule has 10 heteroatoms. The van der Waals surface area contributed by atoms with E-state index in [1.165, 1.54) is 18.2 Å². The first-order valence-corrected chi connectivity index (χ1v) is 12.3. The third kappa shape index (κ3) is 8.31. The summed E-state index contributed by atoms with van der Waals surface area (Å²) in [5.41, 5.74) is 6.46. The molecule has 0 aliphatic carbocycles. The average molecular weight is 530 g/mol. The van der Waals surface area contributed by atoms with E-state index in [9.17, 15) is 24.3 Å². The van der Waals surface area contributed by atoms with Crippen molar-refractivity contribution >= 4 is 24.1 Å². The Kier molecular flexibility index (Phi) is 10.8. The van der Waals surface area contributed by atoms with Gasteiger partial charge in [-0.1, -0.05) is 58.9 Å². The van der Waals surface area contributed by atoms with E-state index in [0.29, 0.717) is 11.3 Å². The number of carbonyl (C=O) groups is 4. The molecule has 3 unspecified atom stereocenters. The van der Waals surface area contributed by atoms with Crippen LogP contribution in [0.4, 0.5) is 4.79 Å². The second kappa shape index (κ2) is 13.6. The van der Waals surface area contributed by atoms with E-state index >= 15 is 0 Å². The van der Waals surface area contributed by atoms with Crippen molar-refractivity contribution in [1.29, 1.82) is 0 Å². The summed E-state index contributed by atoms with van der Waals surface area (Å²) in [7, 11) is 0. The molecule has 0 spiro atoms. The van der Waals surface area contributed by atoms with Crippen LogP contribution in [0.5, 0.6) is 17.2 Å². The quantitative estimate of drug-likeness (QED) is 0.241. The van der Waals surface area contributed by atoms with Crippen molar-refractivity contribution in [3.05, 3.63) is 54.1 Å². The number of aliphatic carboxylic acids is 1. The Labute approximate surface area is 222 Å². The summed E-state index contributed by atoms with van der Waals surface area (Å²) >= 11 is 0. The lowest BCUT2D eigenvalue weighted by atomic mass is 9.79. The van der Waals surface area contributed by atoms with Crippen molar-refractivity contribution in [2.75, 3.05) is 0 Å². The van der Waals surface area contributed by atoms with Crippen LogP contribution in [0.3, 0.4) is 0 Å². The molecule has 10 nitrogen and oxygen atoms in total. The van der Waals surface area contributed by atoms with Gasteiger partial charge < -0.3 is 29.8 Å². The Morgan fingerprint density at radius 1 is 0.763 bits per heavy atom. The van der Waals surface area contributed by atoms with Gasteiger partial charge >= 0.3 is 24.1 Å². The molecule has 0 aliphatic rings. The number of carbonyl (C=O) groups excluding carboxylic acids is 3. The third-order valence-corrected chi connectivity index (χ3v) is 5.92. The van der Waals surface area contributed by atoms with Crippen LogP contribution in [0.1, 0.15) is 53.0 Å². The number of nitrogens with two attached hydrogens (primary N) is 1. The zero-order valence-corrected chi connectivity index (χ0v) is 22.4. The summed E-state index contributed by atoms with van der Waals surface area (Å²) in [6.07, 6.45) is -1.78. The van der Waals surface area contributed by atoms with Gasteiger partial charge in [0.05, 0.1) is 11.8 Å². The Hall–Kier alpha value is -3.92.